The predicted molar refractivity (Wildman–Crippen MR) is 111 cm³/mol. The Balaban J connectivity index is 2.09. The Labute approximate surface area is 169 Å². The van der Waals surface area contributed by atoms with Crippen molar-refractivity contribution in [2.45, 2.75) is 18.4 Å². The van der Waals surface area contributed by atoms with Crippen LogP contribution in [0.25, 0.3) is 0 Å². The molecule has 0 aliphatic carbocycles. The smallest absolute Gasteiger partial charge is 0.270 e. The van der Waals surface area contributed by atoms with Crippen molar-refractivity contribution in [2.24, 2.45) is 0 Å². The number of aryl methyl sites for hydroxylation is 1. The molecule has 29 heavy (non-hydrogen) atoms. The van der Waals surface area contributed by atoms with Gasteiger partial charge in [0.25, 0.3) is 15.7 Å². The number of methoxy groups -OCH3 is 1. The number of benzene rings is 3. The first-order chi connectivity index (χ1) is 13.8. The molecule has 150 valence electrons. The van der Waals surface area contributed by atoms with Gasteiger partial charge in [-0.15, -0.1) is 0 Å². The average molecular weight is 412 g/mol. The van der Waals surface area contributed by atoms with Crippen molar-refractivity contribution in [3.8, 4) is 5.75 Å². The minimum absolute atomic E-state index is 0.0469. The maximum atomic E-state index is 13.4. The molecule has 0 fully saturated rings. The van der Waals surface area contributed by atoms with Crippen LogP contribution in [0.15, 0.2) is 77.7 Å². The van der Waals surface area contributed by atoms with Crippen LogP contribution in [0, 0.1) is 17.0 Å². The van der Waals surface area contributed by atoms with E-state index in [4.69, 9.17) is 4.74 Å². The SMILES string of the molecule is COc1cccc(CN(c2ccc(C)cc2)S(=O)(=O)c2cccc([N+](=O)[O-])c2)c1. The molecule has 0 aliphatic heterocycles. The molecule has 0 bridgehead atoms. The summed E-state index contributed by atoms with van der Waals surface area (Å²) in [4.78, 5) is 10.3. The highest BCUT2D eigenvalue weighted by atomic mass is 32.2. The lowest BCUT2D eigenvalue weighted by Gasteiger charge is -2.25. The van der Waals surface area contributed by atoms with Crippen LogP contribution < -0.4 is 9.04 Å². The van der Waals surface area contributed by atoms with Gasteiger partial charge in [-0.1, -0.05) is 35.9 Å². The summed E-state index contributed by atoms with van der Waals surface area (Å²) < 4.78 is 33.3. The summed E-state index contributed by atoms with van der Waals surface area (Å²) in [7, 11) is -2.51. The number of hydrogen-bond acceptors (Lipinski definition) is 5. The van der Waals surface area contributed by atoms with Crippen molar-refractivity contribution in [1.82, 2.24) is 0 Å². The first kappa shape index (κ1) is 20.3. The topological polar surface area (TPSA) is 89.8 Å². The van der Waals surface area contributed by atoms with Gasteiger partial charge in [-0.25, -0.2) is 8.42 Å². The number of rotatable bonds is 7. The van der Waals surface area contributed by atoms with Crippen molar-refractivity contribution in [2.75, 3.05) is 11.4 Å². The third kappa shape index (κ3) is 4.55. The molecule has 0 heterocycles. The number of nitro benzene ring substituents is 1. The zero-order valence-corrected chi connectivity index (χ0v) is 16.8. The molecule has 0 amide bonds. The number of non-ortho nitro benzene ring substituents is 1. The molecular weight excluding hydrogens is 392 g/mol. The van der Waals surface area contributed by atoms with Gasteiger partial charge in [-0.05, 0) is 42.8 Å². The van der Waals surface area contributed by atoms with E-state index in [0.29, 0.717) is 11.4 Å². The lowest BCUT2D eigenvalue weighted by atomic mass is 10.2. The maximum Gasteiger partial charge on any atom is 0.270 e. The molecule has 0 saturated heterocycles. The molecule has 0 saturated carbocycles. The van der Waals surface area contributed by atoms with Crippen LogP contribution in [0.3, 0.4) is 0 Å². The lowest BCUT2D eigenvalue weighted by Crippen LogP contribution is -2.30. The first-order valence-electron chi connectivity index (χ1n) is 8.78. The number of sulfonamides is 1. The van der Waals surface area contributed by atoms with Crippen LogP contribution in [-0.4, -0.2) is 20.5 Å². The molecule has 8 heteroatoms. The first-order valence-corrected chi connectivity index (χ1v) is 10.2. The van der Waals surface area contributed by atoms with Gasteiger partial charge in [-0.2, -0.15) is 0 Å². The number of anilines is 1. The van der Waals surface area contributed by atoms with Crippen LogP contribution >= 0.6 is 0 Å². The van der Waals surface area contributed by atoms with Crippen LogP contribution in [0.4, 0.5) is 11.4 Å². The second-order valence-electron chi connectivity index (χ2n) is 6.45. The second kappa shape index (κ2) is 8.32. The van der Waals surface area contributed by atoms with Crippen molar-refractivity contribution in [1.29, 1.82) is 0 Å². The number of nitro groups is 1. The third-order valence-corrected chi connectivity index (χ3v) is 6.17. The normalized spacial score (nSPS) is 11.1. The van der Waals surface area contributed by atoms with E-state index >= 15 is 0 Å². The Morgan fingerprint density at radius 2 is 1.69 bits per heavy atom. The number of ether oxygens (including phenoxy) is 1. The van der Waals surface area contributed by atoms with E-state index in [0.717, 1.165) is 17.2 Å². The Bertz CT molecular complexity index is 1130. The van der Waals surface area contributed by atoms with Crippen LogP contribution in [0.2, 0.25) is 0 Å². The molecular formula is C21H20N2O5S. The second-order valence-corrected chi connectivity index (χ2v) is 8.32. The molecule has 3 rings (SSSR count). The highest BCUT2D eigenvalue weighted by molar-refractivity contribution is 7.92. The van der Waals surface area contributed by atoms with Crippen molar-refractivity contribution in [3.05, 3.63) is 94.0 Å². The molecule has 0 unspecified atom stereocenters. The van der Waals surface area contributed by atoms with Crippen LogP contribution in [0.1, 0.15) is 11.1 Å². The average Bonchev–Trinajstić information content (AvgIpc) is 2.73. The summed E-state index contributed by atoms with van der Waals surface area (Å²) in [5.74, 6) is 0.610. The van der Waals surface area contributed by atoms with E-state index in [1.54, 1.807) is 36.4 Å². The molecule has 0 aromatic heterocycles. The van der Waals surface area contributed by atoms with Crippen molar-refractivity contribution in [3.63, 3.8) is 0 Å². The van der Waals surface area contributed by atoms with Crippen LogP contribution in [0.5, 0.6) is 5.75 Å². The Morgan fingerprint density at radius 3 is 2.34 bits per heavy atom. The fourth-order valence-corrected chi connectivity index (χ4v) is 4.34. The van der Waals surface area contributed by atoms with Gasteiger partial charge in [0.05, 0.1) is 29.2 Å². The van der Waals surface area contributed by atoms with Crippen molar-refractivity contribution >= 4 is 21.4 Å². The predicted octanol–water partition coefficient (Wildman–Crippen LogP) is 4.31. The van der Waals surface area contributed by atoms with Gasteiger partial charge in [0.15, 0.2) is 0 Å². The fourth-order valence-electron chi connectivity index (χ4n) is 2.85. The molecule has 0 aliphatic rings. The summed E-state index contributed by atoms with van der Waals surface area (Å²) in [5, 5.41) is 11.1. The molecule has 0 N–H and O–H groups in total. The van der Waals surface area contributed by atoms with E-state index in [2.05, 4.69) is 0 Å². The number of nitrogens with zero attached hydrogens (tertiary/aromatic N) is 2. The Morgan fingerprint density at radius 1 is 1.00 bits per heavy atom. The van der Waals surface area contributed by atoms with Crippen LogP contribution in [-0.2, 0) is 16.6 Å². The summed E-state index contributed by atoms with van der Waals surface area (Å²) in [6.07, 6.45) is 0. The highest BCUT2D eigenvalue weighted by Crippen LogP contribution is 2.28. The van der Waals surface area contributed by atoms with Gasteiger partial charge >= 0.3 is 0 Å². The molecule has 0 radical (unpaired) electrons. The fraction of sp³-hybridized carbons (Fsp3) is 0.143. The molecule has 3 aromatic carbocycles. The monoisotopic (exact) mass is 412 g/mol. The van der Waals surface area contributed by atoms with E-state index in [-0.39, 0.29) is 17.1 Å². The minimum Gasteiger partial charge on any atom is -0.497 e. The van der Waals surface area contributed by atoms with E-state index < -0.39 is 14.9 Å². The summed E-state index contributed by atoms with van der Waals surface area (Å²) >= 11 is 0. The van der Waals surface area contributed by atoms with Gasteiger partial charge in [0.1, 0.15) is 5.75 Å². The zero-order valence-electron chi connectivity index (χ0n) is 16.0. The molecule has 7 nitrogen and oxygen atoms in total. The molecule has 0 spiro atoms. The minimum atomic E-state index is -4.05. The Kier molecular flexibility index (Phi) is 5.84. The van der Waals surface area contributed by atoms with Gasteiger partial charge in [-0.3, -0.25) is 14.4 Å². The van der Waals surface area contributed by atoms with E-state index in [9.17, 15) is 18.5 Å². The van der Waals surface area contributed by atoms with Crippen molar-refractivity contribution < 1.29 is 18.1 Å². The van der Waals surface area contributed by atoms with E-state index in [1.165, 1.54) is 29.6 Å². The largest absolute Gasteiger partial charge is 0.497 e. The molecule has 0 atom stereocenters. The third-order valence-electron chi connectivity index (χ3n) is 4.40. The summed E-state index contributed by atoms with van der Waals surface area (Å²) in [6, 6.07) is 19.2. The molecule has 3 aromatic rings. The standard InChI is InChI=1S/C21H20N2O5S/c1-16-9-11-18(12-10-16)22(15-17-5-3-7-20(13-17)28-2)29(26,27)21-8-4-6-19(14-21)23(24)25/h3-14H,15H2,1-2H3. The summed E-state index contributed by atoms with van der Waals surface area (Å²) in [5.41, 5.74) is 1.89. The quantitative estimate of drug-likeness (QED) is 0.426. The highest BCUT2D eigenvalue weighted by Gasteiger charge is 2.27. The zero-order chi connectivity index (χ0) is 21.0. The maximum absolute atomic E-state index is 13.4. The lowest BCUT2D eigenvalue weighted by molar-refractivity contribution is -0.385. The van der Waals surface area contributed by atoms with Gasteiger partial charge in [0, 0.05) is 12.1 Å². The summed E-state index contributed by atoms with van der Waals surface area (Å²) in [6.45, 7) is 1.95. The number of hydrogen-bond donors (Lipinski definition) is 0. The van der Waals surface area contributed by atoms with Gasteiger partial charge < -0.3 is 4.74 Å². The van der Waals surface area contributed by atoms with Gasteiger partial charge in [0.2, 0.25) is 0 Å². The Hall–Kier alpha value is -3.39. The van der Waals surface area contributed by atoms with E-state index in [1.807, 2.05) is 19.1 Å².